The number of aryl methyl sites for hydroxylation is 2. The van der Waals surface area contributed by atoms with Gasteiger partial charge in [-0.1, -0.05) is 23.7 Å². The highest BCUT2D eigenvalue weighted by atomic mass is 35.5. The van der Waals surface area contributed by atoms with Crippen molar-refractivity contribution in [3.05, 3.63) is 58.4 Å². The zero-order valence-electron chi connectivity index (χ0n) is 20.0. The maximum absolute atomic E-state index is 13.1. The number of nitrogens with one attached hydrogen (secondary N) is 2. The molecule has 1 saturated heterocycles. The summed E-state index contributed by atoms with van der Waals surface area (Å²) in [5.41, 5.74) is 3.53. The number of anilines is 1. The molecule has 1 aromatic heterocycles. The van der Waals surface area contributed by atoms with Gasteiger partial charge in [-0.3, -0.25) is 9.78 Å². The van der Waals surface area contributed by atoms with Gasteiger partial charge in [-0.15, -0.1) is 0 Å². The standard InChI is InChI=1S/C26H34ClN5O2/c1-18-15-22(16-19(2)29-18)30-26(34)28-11-14-31-12-9-24(10-13-31)32(23-7-8-23)25(33)17-20-3-5-21(27)6-4-20/h3-6,15-16,23-24H,7-14,17H2,1-2H3,(H2,28,29,30,34). The van der Waals surface area contributed by atoms with Gasteiger partial charge < -0.3 is 20.4 Å². The number of rotatable bonds is 8. The van der Waals surface area contributed by atoms with Crippen LogP contribution in [-0.2, 0) is 11.2 Å². The fourth-order valence-electron chi connectivity index (χ4n) is 4.76. The molecule has 0 unspecified atom stereocenters. The summed E-state index contributed by atoms with van der Waals surface area (Å²) in [6.07, 6.45) is 4.61. The maximum Gasteiger partial charge on any atom is 0.319 e. The number of benzene rings is 1. The van der Waals surface area contributed by atoms with Gasteiger partial charge in [0.25, 0.3) is 0 Å². The highest BCUT2D eigenvalue weighted by molar-refractivity contribution is 6.30. The van der Waals surface area contributed by atoms with Crippen LogP contribution in [0.4, 0.5) is 10.5 Å². The smallest absolute Gasteiger partial charge is 0.319 e. The van der Waals surface area contributed by atoms with E-state index in [-0.39, 0.29) is 11.9 Å². The van der Waals surface area contributed by atoms with Crippen LogP contribution < -0.4 is 10.6 Å². The Balaban J connectivity index is 1.20. The second-order valence-corrected chi connectivity index (χ2v) is 9.86. The average Bonchev–Trinajstić information content (AvgIpc) is 3.61. The zero-order valence-corrected chi connectivity index (χ0v) is 20.8. The molecule has 0 radical (unpaired) electrons. The molecule has 2 N–H and O–H groups in total. The molecule has 1 aliphatic heterocycles. The SMILES string of the molecule is Cc1cc(NC(=O)NCCN2CCC(N(C(=O)Cc3ccc(Cl)cc3)C3CC3)CC2)cc(C)n1. The van der Waals surface area contributed by atoms with E-state index in [1.54, 1.807) is 0 Å². The van der Waals surface area contributed by atoms with Crippen molar-refractivity contribution in [3.8, 4) is 0 Å². The van der Waals surface area contributed by atoms with Gasteiger partial charge in [0.2, 0.25) is 5.91 Å². The molecule has 0 spiro atoms. The number of halogens is 1. The van der Waals surface area contributed by atoms with E-state index in [9.17, 15) is 9.59 Å². The highest BCUT2D eigenvalue weighted by Gasteiger charge is 2.38. The number of piperidine rings is 1. The Hall–Kier alpha value is -2.64. The number of carbonyl (C=O) groups is 2. The van der Waals surface area contributed by atoms with Gasteiger partial charge in [0, 0.05) is 60.4 Å². The second-order valence-electron chi connectivity index (χ2n) is 9.43. The Labute approximate surface area is 206 Å². The Morgan fingerprint density at radius 3 is 2.26 bits per heavy atom. The van der Waals surface area contributed by atoms with Gasteiger partial charge in [0.1, 0.15) is 0 Å². The van der Waals surface area contributed by atoms with E-state index in [1.807, 2.05) is 50.2 Å². The van der Waals surface area contributed by atoms with Crippen LogP contribution in [-0.4, -0.2) is 65.0 Å². The Morgan fingerprint density at radius 1 is 1.03 bits per heavy atom. The number of hydrogen-bond donors (Lipinski definition) is 2. The summed E-state index contributed by atoms with van der Waals surface area (Å²) in [5.74, 6) is 0.225. The number of hydrogen-bond acceptors (Lipinski definition) is 4. The monoisotopic (exact) mass is 483 g/mol. The number of likely N-dealkylation sites (tertiary alicyclic amines) is 1. The minimum atomic E-state index is -0.201. The number of urea groups is 1. The molecule has 7 nitrogen and oxygen atoms in total. The number of amides is 3. The first-order chi connectivity index (χ1) is 16.4. The summed E-state index contributed by atoms with van der Waals surface area (Å²) >= 11 is 5.98. The molecule has 3 amide bonds. The fraction of sp³-hybridized carbons (Fsp3) is 0.500. The minimum absolute atomic E-state index is 0.201. The maximum atomic E-state index is 13.1. The lowest BCUT2D eigenvalue weighted by molar-refractivity contribution is -0.134. The lowest BCUT2D eigenvalue weighted by Gasteiger charge is -2.39. The second kappa shape index (κ2) is 11.2. The van der Waals surface area contributed by atoms with Gasteiger partial charge in [-0.25, -0.2) is 4.79 Å². The molecule has 1 aromatic carbocycles. The largest absolute Gasteiger partial charge is 0.337 e. The van der Waals surface area contributed by atoms with E-state index < -0.39 is 0 Å². The van der Waals surface area contributed by atoms with E-state index in [1.165, 1.54) is 0 Å². The summed E-state index contributed by atoms with van der Waals surface area (Å²) in [4.78, 5) is 34.2. The molecular formula is C26H34ClN5O2. The molecule has 8 heteroatoms. The van der Waals surface area contributed by atoms with Crippen LogP contribution >= 0.6 is 11.6 Å². The molecule has 182 valence electrons. The first-order valence-corrected chi connectivity index (χ1v) is 12.5. The number of pyridine rings is 1. The number of carbonyl (C=O) groups excluding carboxylic acids is 2. The Kier molecular flexibility index (Phi) is 8.06. The van der Waals surface area contributed by atoms with Gasteiger partial charge in [0.15, 0.2) is 0 Å². The van der Waals surface area contributed by atoms with Crippen LogP contribution in [0.25, 0.3) is 0 Å². The zero-order chi connectivity index (χ0) is 24.1. The van der Waals surface area contributed by atoms with Crippen molar-refractivity contribution in [1.29, 1.82) is 0 Å². The molecule has 2 aromatic rings. The van der Waals surface area contributed by atoms with Crippen molar-refractivity contribution in [3.63, 3.8) is 0 Å². The Bertz CT molecular complexity index is 981. The minimum Gasteiger partial charge on any atom is -0.337 e. The quantitative estimate of drug-likeness (QED) is 0.590. The molecule has 1 saturated carbocycles. The molecule has 0 bridgehead atoms. The van der Waals surface area contributed by atoms with Crippen molar-refractivity contribution in [2.24, 2.45) is 0 Å². The summed E-state index contributed by atoms with van der Waals surface area (Å²) < 4.78 is 0. The molecule has 34 heavy (non-hydrogen) atoms. The average molecular weight is 484 g/mol. The molecule has 2 fully saturated rings. The van der Waals surface area contributed by atoms with E-state index in [0.29, 0.717) is 30.1 Å². The molecule has 2 aliphatic rings. The van der Waals surface area contributed by atoms with Crippen LogP contribution in [0.3, 0.4) is 0 Å². The molecule has 0 atom stereocenters. The van der Waals surface area contributed by atoms with Crippen LogP contribution in [0, 0.1) is 13.8 Å². The predicted molar refractivity (Wildman–Crippen MR) is 135 cm³/mol. The first-order valence-electron chi connectivity index (χ1n) is 12.2. The number of nitrogens with zero attached hydrogens (tertiary/aromatic N) is 3. The van der Waals surface area contributed by atoms with Crippen molar-refractivity contribution >= 4 is 29.2 Å². The van der Waals surface area contributed by atoms with Gasteiger partial charge in [-0.2, -0.15) is 0 Å². The van der Waals surface area contributed by atoms with Crippen LogP contribution in [0.15, 0.2) is 36.4 Å². The highest BCUT2D eigenvalue weighted by Crippen LogP contribution is 2.32. The summed E-state index contributed by atoms with van der Waals surface area (Å²) in [5, 5.41) is 6.51. The summed E-state index contributed by atoms with van der Waals surface area (Å²) in [6, 6.07) is 11.8. The van der Waals surface area contributed by atoms with Crippen LogP contribution in [0.1, 0.15) is 42.6 Å². The van der Waals surface area contributed by atoms with Crippen molar-refractivity contribution in [2.45, 2.75) is 58.0 Å². The van der Waals surface area contributed by atoms with Gasteiger partial charge >= 0.3 is 6.03 Å². The van der Waals surface area contributed by atoms with Gasteiger partial charge in [-0.05, 0) is 69.4 Å². The number of aromatic nitrogens is 1. The van der Waals surface area contributed by atoms with E-state index >= 15 is 0 Å². The van der Waals surface area contributed by atoms with Crippen molar-refractivity contribution < 1.29 is 9.59 Å². The van der Waals surface area contributed by atoms with Crippen LogP contribution in [0.2, 0.25) is 5.02 Å². The summed E-state index contributed by atoms with van der Waals surface area (Å²) in [6.45, 7) is 7.09. The first kappa shape index (κ1) is 24.5. The third-order valence-corrected chi connectivity index (χ3v) is 6.75. The topological polar surface area (TPSA) is 77.6 Å². The van der Waals surface area contributed by atoms with Crippen molar-refractivity contribution in [2.75, 3.05) is 31.5 Å². The molecule has 2 heterocycles. The third-order valence-electron chi connectivity index (χ3n) is 6.50. The van der Waals surface area contributed by atoms with E-state index in [4.69, 9.17) is 11.6 Å². The van der Waals surface area contributed by atoms with E-state index in [0.717, 1.165) is 68.0 Å². The molecule has 4 rings (SSSR count). The van der Waals surface area contributed by atoms with Gasteiger partial charge in [0.05, 0.1) is 6.42 Å². The molecular weight excluding hydrogens is 450 g/mol. The Morgan fingerprint density at radius 2 is 1.65 bits per heavy atom. The molecule has 1 aliphatic carbocycles. The van der Waals surface area contributed by atoms with Crippen LogP contribution in [0.5, 0.6) is 0 Å². The predicted octanol–water partition coefficient (Wildman–Crippen LogP) is 4.17. The lowest BCUT2D eigenvalue weighted by atomic mass is 10.0. The lowest BCUT2D eigenvalue weighted by Crippen LogP contribution is -2.50. The normalized spacial score (nSPS) is 16.8. The fourth-order valence-corrected chi connectivity index (χ4v) is 4.88. The summed E-state index contributed by atoms with van der Waals surface area (Å²) in [7, 11) is 0. The third kappa shape index (κ3) is 6.93. The van der Waals surface area contributed by atoms with Crippen molar-refractivity contribution in [1.82, 2.24) is 20.1 Å². The van der Waals surface area contributed by atoms with E-state index in [2.05, 4.69) is 25.4 Å².